The van der Waals surface area contributed by atoms with Gasteiger partial charge in [-0.05, 0) is 48.0 Å². The Morgan fingerprint density at radius 1 is 0.380 bits per heavy atom. The largest absolute Gasteiger partial charge is 0.456 e. The summed E-state index contributed by atoms with van der Waals surface area (Å²) in [6.07, 6.45) is 1.81. The van der Waals surface area contributed by atoms with E-state index in [1.165, 1.54) is 0 Å². The number of para-hydroxylation sites is 2. The monoisotopic (exact) mass is 641 g/mol. The van der Waals surface area contributed by atoms with Crippen LogP contribution in [0.25, 0.3) is 100 Å². The van der Waals surface area contributed by atoms with Crippen LogP contribution in [0.3, 0.4) is 0 Å². The molecule has 5 nitrogen and oxygen atoms in total. The van der Waals surface area contributed by atoms with Gasteiger partial charge in [-0.2, -0.15) is 0 Å². The highest BCUT2D eigenvalue weighted by molar-refractivity contribution is 6.20. The second kappa shape index (κ2) is 11.4. The van der Waals surface area contributed by atoms with Crippen LogP contribution < -0.4 is 0 Å². The summed E-state index contributed by atoms with van der Waals surface area (Å²) in [5, 5.41) is 4.19. The molecule has 0 saturated carbocycles. The minimum Gasteiger partial charge on any atom is -0.456 e. The zero-order valence-electron chi connectivity index (χ0n) is 26.7. The van der Waals surface area contributed by atoms with Crippen molar-refractivity contribution in [1.82, 2.24) is 15.0 Å². The van der Waals surface area contributed by atoms with Crippen molar-refractivity contribution in [1.29, 1.82) is 0 Å². The van der Waals surface area contributed by atoms with E-state index in [9.17, 15) is 0 Å². The third kappa shape index (κ3) is 4.60. The Morgan fingerprint density at radius 2 is 1.02 bits per heavy atom. The fourth-order valence-electron chi connectivity index (χ4n) is 7.05. The van der Waals surface area contributed by atoms with Crippen LogP contribution in [0, 0.1) is 0 Å². The molecule has 0 aliphatic rings. The lowest BCUT2D eigenvalue weighted by atomic mass is 9.94. The predicted molar refractivity (Wildman–Crippen MR) is 202 cm³/mol. The lowest BCUT2D eigenvalue weighted by Gasteiger charge is -2.12. The summed E-state index contributed by atoms with van der Waals surface area (Å²) in [6.45, 7) is 0. The van der Waals surface area contributed by atoms with Gasteiger partial charge in [-0.15, -0.1) is 0 Å². The molecule has 0 aliphatic heterocycles. The molecule has 4 aromatic heterocycles. The van der Waals surface area contributed by atoms with E-state index in [0.29, 0.717) is 5.82 Å². The van der Waals surface area contributed by atoms with Crippen molar-refractivity contribution < 1.29 is 8.83 Å². The highest BCUT2D eigenvalue weighted by Gasteiger charge is 2.22. The van der Waals surface area contributed by atoms with Gasteiger partial charge in [0.25, 0.3) is 0 Å². The molecule has 0 bridgehead atoms. The number of furan rings is 2. The molecule has 0 spiro atoms. The molecule has 10 aromatic rings. The van der Waals surface area contributed by atoms with E-state index in [2.05, 4.69) is 89.9 Å². The summed E-state index contributed by atoms with van der Waals surface area (Å²) in [6, 6.07) is 53.5. The van der Waals surface area contributed by atoms with Gasteiger partial charge < -0.3 is 8.83 Å². The Labute approximate surface area is 287 Å². The fraction of sp³-hybridized carbons (Fsp3) is 0. The molecule has 0 fully saturated rings. The van der Waals surface area contributed by atoms with E-state index in [0.717, 1.165) is 94.3 Å². The first kappa shape index (κ1) is 28.2. The summed E-state index contributed by atoms with van der Waals surface area (Å²) < 4.78 is 13.0. The van der Waals surface area contributed by atoms with Crippen molar-refractivity contribution in [2.75, 3.05) is 0 Å². The Morgan fingerprint density at radius 3 is 1.82 bits per heavy atom. The van der Waals surface area contributed by atoms with E-state index in [1.807, 2.05) is 79.0 Å². The highest BCUT2D eigenvalue weighted by Crippen LogP contribution is 2.45. The van der Waals surface area contributed by atoms with E-state index in [4.69, 9.17) is 18.8 Å². The molecule has 0 N–H and O–H groups in total. The number of nitrogens with zero attached hydrogens (tertiary/aromatic N) is 3. The van der Waals surface area contributed by atoms with Crippen LogP contribution in [-0.2, 0) is 0 Å². The van der Waals surface area contributed by atoms with E-state index >= 15 is 0 Å². The summed E-state index contributed by atoms with van der Waals surface area (Å²) in [5.74, 6) is 0.647. The molecular weight excluding hydrogens is 615 g/mol. The van der Waals surface area contributed by atoms with Gasteiger partial charge in [-0.1, -0.05) is 115 Å². The maximum atomic E-state index is 6.74. The maximum Gasteiger partial charge on any atom is 0.160 e. The van der Waals surface area contributed by atoms with Crippen molar-refractivity contribution in [2.24, 2.45) is 0 Å². The van der Waals surface area contributed by atoms with E-state index < -0.39 is 0 Å². The number of rotatable bonds is 5. The molecule has 50 heavy (non-hydrogen) atoms. The number of pyridine rings is 1. The molecule has 0 radical (unpaired) electrons. The van der Waals surface area contributed by atoms with Crippen LogP contribution in [0.4, 0.5) is 0 Å². The van der Waals surface area contributed by atoms with Gasteiger partial charge >= 0.3 is 0 Å². The van der Waals surface area contributed by atoms with Gasteiger partial charge in [0, 0.05) is 55.6 Å². The molecule has 0 aliphatic carbocycles. The summed E-state index contributed by atoms with van der Waals surface area (Å²) in [7, 11) is 0. The molecule has 0 unspecified atom stereocenters. The topological polar surface area (TPSA) is 65.0 Å². The third-order valence-electron chi connectivity index (χ3n) is 9.39. The van der Waals surface area contributed by atoms with Crippen molar-refractivity contribution in [3.8, 4) is 56.3 Å². The van der Waals surface area contributed by atoms with Gasteiger partial charge in [0.1, 0.15) is 22.3 Å². The van der Waals surface area contributed by atoms with Crippen molar-refractivity contribution in [3.63, 3.8) is 0 Å². The molecular formula is C45H27N3O2. The number of fused-ring (bicyclic) bond motifs is 6. The van der Waals surface area contributed by atoms with Crippen LogP contribution in [-0.4, -0.2) is 15.0 Å². The number of benzene rings is 6. The first-order valence-corrected chi connectivity index (χ1v) is 16.6. The van der Waals surface area contributed by atoms with Gasteiger partial charge in [-0.25, -0.2) is 9.97 Å². The van der Waals surface area contributed by atoms with Crippen molar-refractivity contribution in [2.45, 2.75) is 0 Å². The number of hydrogen-bond donors (Lipinski definition) is 0. The zero-order valence-corrected chi connectivity index (χ0v) is 26.7. The molecule has 5 heteroatoms. The maximum absolute atomic E-state index is 6.74. The minimum absolute atomic E-state index is 0.647. The van der Waals surface area contributed by atoms with Crippen LogP contribution in [0.5, 0.6) is 0 Å². The van der Waals surface area contributed by atoms with Gasteiger partial charge in [0.15, 0.2) is 5.82 Å². The smallest absolute Gasteiger partial charge is 0.160 e. The SMILES string of the molecule is c1ccc(-c2cc(-c3ccc(-c4cccc5oc6ccccc6c45)c4oc5ccccc5c34)nc(-c3ccc(-c4ccccn4)cc3)n2)cc1. The normalized spacial score (nSPS) is 11.6. The predicted octanol–water partition coefficient (Wildman–Crippen LogP) is 12.0. The molecule has 4 heterocycles. The van der Waals surface area contributed by atoms with Crippen LogP contribution >= 0.6 is 0 Å². The first-order chi connectivity index (χ1) is 24.8. The Bertz CT molecular complexity index is 2850. The third-order valence-corrected chi connectivity index (χ3v) is 9.39. The number of aromatic nitrogens is 3. The van der Waals surface area contributed by atoms with Crippen LogP contribution in [0.15, 0.2) is 173 Å². The molecule has 234 valence electrons. The Balaban J connectivity index is 1.21. The van der Waals surface area contributed by atoms with Gasteiger partial charge in [0.05, 0.1) is 17.1 Å². The Hall–Kier alpha value is -6.85. The summed E-state index contributed by atoms with van der Waals surface area (Å²) in [4.78, 5) is 14.9. The standard InChI is InChI=1S/C45H27N3O2/c1-2-11-28(12-3-1)37-27-38(48-45(47-37)30-22-20-29(21-23-30)36-16-8-9-26-46-36)33-25-24-32(44-43(33)35-14-5-7-18-40(35)50-44)31-15-10-19-41-42(31)34-13-4-6-17-39(34)49-41/h1-27H. The van der Waals surface area contributed by atoms with Crippen molar-refractivity contribution >= 4 is 43.9 Å². The zero-order chi connectivity index (χ0) is 33.0. The highest BCUT2D eigenvalue weighted by atomic mass is 16.3. The minimum atomic E-state index is 0.647. The molecule has 0 atom stereocenters. The molecule has 6 aromatic carbocycles. The van der Waals surface area contributed by atoms with E-state index in [1.54, 1.807) is 0 Å². The van der Waals surface area contributed by atoms with Crippen LogP contribution in [0.2, 0.25) is 0 Å². The lowest BCUT2D eigenvalue weighted by Crippen LogP contribution is -1.96. The van der Waals surface area contributed by atoms with Crippen molar-refractivity contribution in [3.05, 3.63) is 164 Å². The fourth-order valence-corrected chi connectivity index (χ4v) is 7.05. The van der Waals surface area contributed by atoms with E-state index in [-0.39, 0.29) is 0 Å². The Kier molecular flexibility index (Phi) is 6.42. The molecule has 10 rings (SSSR count). The molecule has 0 amide bonds. The average molecular weight is 642 g/mol. The summed E-state index contributed by atoms with van der Waals surface area (Å²) >= 11 is 0. The quantitative estimate of drug-likeness (QED) is 0.187. The average Bonchev–Trinajstić information content (AvgIpc) is 3.77. The molecule has 0 saturated heterocycles. The second-order valence-electron chi connectivity index (χ2n) is 12.4. The summed E-state index contributed by atoms with van der Waals surface area (Å²) in [5.41, 5.74) is 11.9. The second-order valence-corrected chi connectivity index (χ2v) is 12.4. The first-order valence-electron chi connectivity index (χ1n) is 16.6. The van der Waals surface area contributed by atoms with Crippen LogP contribution in [0.1, 0.15) is 0 Å². The lowest BCUT2D eigenvalue weighted by molar-refractivity contribution is 0.668. The van der Waals surface area contributed by atoms with Gasteiger partial charge in [0.2, 0.25) is 0 Å². The van der Waals surface area contributed by atoms with Gasteiger partial charge in [-0.3, -0.25) is 4.98 Å². The number of hydrogen-bond acceptors (Lipinski definition) is 5.